The molecule has 0 atom stereocenters. The number of benzene rings is 1. The summed E-state index contributed by atoms with van der Waals surface area (Å²) in [5, 5.41) is 12.9. The van der Waals surface area contributed by atoms with E-state index in [1.807, 2.05) is 6.07 Å². The van der Waals surface area contributed by atoms with Crippen molar-refractivity contribution in [2.45, 2.75) is 25.3 Å². The summed E-state index contributed by atoms with van der Waals surface area (Å²) in [4.78, 5) is 32.1. The molecule has 0 aliphatic heterocycles. The number of furan rings is 1. The highest BCUT2D eigenvalue weighted by Gasteiger charge is 2.26. The standard InChI is InChI=1S/C20H18N4O4/c21-9-16(18-22-4-1-5-23-18)19(25)24-10-14-7-13-6-12(11-2-3-11)8-15(20(26)27)17(13)28-14/h1,4-9,11H,2-3,10,21H2,(H,24,25)(H,26,27)/b16-9+. The maximum absolute atomic E-state index is 12.4. The quantitative estimate of drug-likeness (QED) is 0.561. The molecule has 142 valence electrons. The Morgan fingerprint density at radius 3 is 2.64 bits per heavy atom. The van der Waals surface area contributed by atoms with Crippen molar-refractivity contribution in [3.8, 4) is 0 Å². The zero-order chi connectivity index (χ0) is 19.7. The fourth-order valence-corrected chi connectivity index (χ4v) is 3.08. The van der Waals surface area contributed by atoms with Crippen LogP contribution in [0.25, 0.3) is 16.5 Å². The summed E-state index contributed by atoms with van der Waals surface area (Å²) in [6.45, 7) is 0.0789. The summed E-state index contributed by atoms with van der Waals surface area (Å²) >= 11 is 0. The van der Waals surface area contributed by atoms with Gasteiger partial charge in [0.2, 0.25) is 0 Å². The smallest absolute Gasteiger partial charge is 0.339 e. The third-order valence-electron chi connectivity index (χ3n) is 4.61. The number of rotatable bonds is 6. The lowest BCUT2D eigenvalue weighted by Crippen LogP contribution is -2.25. The molecule has 28 heavy (non-hydrogen) atoms. The Morgan fingerprint density at radius 1 is 1.25 bits per heavy atom. The average Bonchev–Trinajstić information content (AvgIpc) is 3.46. The molecule has 1 fully saturated rings. The molecule has 3 aromatic rings. The van der Waals surface area contributed by atoms with Gasteiger partial charge in [0.05, 0.1) is 12.1 Å². The molecule has 1 aliphatic rings. The molecule has 8 nitrogen and oxygen atoms in total. The van der Waals surface area contributed by atoms with Crippen LogP contribution >= 0.6 is 0 Å². The van der Waals surface area contributed by atoms with Crippen molar-refractivity contribution in [1.82, 2.24) is 15.3 Å². The Balaban J connectivity index is 1.56. The van der Waals surface area contributed by atoms with E-state index in [1.165, 1.54) is 12.4 Å². The van der Waals surface area contributed by atoms with Gasteiger partial charge >= 0.3 is 5.97 Å². The van der Waals surface area contributed by atoms with Crippen LogP contribution in [0.15, 0.2) is 47.3 Å². The van der Waals surface area contributed by atoms with Crippen molar-refractivity contribution < 1.29 is 19.1 Å². The molecule has 1 amide bonds. The van der Waals surface area contributed by atoms with E-state index in [4.69, 9.17) is 10.2 Å². The number of aromatic carboxylic acids is 1. The summed E-state index contributed by atoms with van der Waals surface area (Å²) < 4.78 is 5.71. The van der Waals surface area contributed by atoms with Crippen molar-refractivity contribution in [3.63, 3.8) is 0 Å². The van der Waals surface area contributed by atoms with Gasteiger partial charge in [0.25, 0.3) is 5.91 Å². The van der Waals surface area contributed by atoms with Gasteiger partial charge in [-0.15, -0.1) is 0 Å². The SMILES string of the molecule is N/C=C(/C(=O)NCc1cc2cc(C3CC3)cc(C(=O)O)c2o1)c1ncccn1. The number of carbonyl (C=O) groups is 2. The molecule has 1 aliphatic carbocycles. The van der Waals surface area contributed by atoms with E-state index >= 15 is 0 Å². The lowest BCUT2D eigenvalue weighted by molar-refractivity contribution is -0.115. The Labute approximate surface area is 160 Å². The van der Waals surface area contributed by atoms with Gasteiger partial charge < -0.3 is 20.6 Å². The summed E-state index contributed by atoms with van der Waals surface area (Å²) in [6.07, 6.45) is 6.32. The fourth-order valence-electron chi connectivity index (χ4n) is 3.08. The highest BCUT2D eigenvalue weighted by Crippen LogP contribution is 2.42. The van der Waals surface area contributed by atoms with E-state index in [1.54, 1.807) is 18.2 Å². The number of carbonyl (C=O) groups excluding carboxylic acids is 1. The number of hydrogen-bond donors (Lipinski definition) is 3. The normalized spacial score (nSPS) is 14.2. The highest BCUT2D eigenvalue weighted by molar-refractivity contribution is 6.18. The summed E-state index contributed by atoms with van der Waals surface area (Å²) in [5.41, 5.74) is 7.14. The van der Waals surface area contributed by atoms with Crippen LogP contribution < -0.4 is 11.1 Å². The Bertz CT molecular complexity index is 1080. The van der Waals surface area contributed by atoms with Crippen LogP contribution in [0.3, 0.4) is 0 Å². The number of carboxylic acid groups (broad SMARTS) is 1. The summed E-state index contributed by atoms with van der Waals surface area (Å²) in [6, 6.07) is 7.02. The van der Waals surface area contributed by atoms with Gasteiger partial charge in [-0.2, -0.15) is 0 Å². The molecular formula is C20H18N4O4. The first-order chi connectivity index (χ1) is 13.6. The second kappa shape index (κ2) is 7.15. The predicted octanol–water partition coefficient (Wildman–Crippen LogP) is 2.41. The number of fused-ring (bicyclic) bond motifs is 1. The van der Waals surface area contributed by atoms with E-state index in [9.17, 15) is 14.7 Å². The summed E-state index contributed by atoms with van der Waals surface area (Å²) in [7, 11) is 0. The first-order valence-corrected chi connectivity index (χ1v) is 8.84. The molecule has 2 heterocycles. The predicted molar refractivity (Wildman–Crippen MR) is 101 cm³/mol. The topological polar surface area (TPSA) is 131 Å². The van der Waals surface area contributed by atoms with Crippen molar-refractivity contribution in [3.05, 3.63) is 65.6 Å². The van der Waals surface area contributed by atoms with Crippen LogP contribution in [0.5, 0.6) is 0 Å². The number of hydrogen-bond acceptors (Lipinski definition) is 6. The second-order valence-electron chi connectivity index (χ2n) is 6.61. The van der Waals surface area contributed by atoms with Gasteiger partial charge in [-0.1, -0.05) is 0 Å². The van der Waals surface area contributed by atoms with Gasteiger partial charge in [0.1, 0.15) is 16.9 Å². The number of amides is 1. The number of nitrogens with zero attached hydrogens (tertiary/aromatic N) is 2. The van der Waals surface area contributed by atoms with E-state index in [0.29, 0.717) is 22.6 Å². The first kappa shape index (κ1) is 17.7. The largest absolute Gasteiger partial charge is 0.478 e. The molecule has 4 N–H and O–H groups in total. The zero-order valence-electron chi connectivity index (χ0n) is 14.9. The van der Waals surface area contributed by atoms with Crippen molar-refractivity contribution in [1.29, 1.82) is 0 Å². The van der Waals surface area contributed by atoms with Crippen LogP contribution in [-0.4, -0.2) is 27.0 Å². The van der Waals surface area contributed by atoms with E-state index in [2.05, 4.69) is 15.3 Å². The number of nitrogens with one attached hydrogen (secondary N) is 1. The molecule has 0 bridgehead atoms. The van der Waals surface area contributed by atoms with E-state index in [-0.39, 0.29) is 23.5 Å². The van der Waals surface area contributed by atoms with Crippen molar-refractivity contribution in [2.24, 2.45) is 5.73 Å². The molecule has 0 radical (unpaired) electrons. The van der Waals surface area contributed by atoms with E-state index in [0.717, 1.165) is 24.6 Å². The van der Waals surface area contributed by atoms with Crippen molar-refractivity contribution >= 4 is 28.4 Å². The van der Waals surface area contributed by atoms with Crippen LogP contribution in [0, 0.1) is 0 Å². The Morgan fingerprint density at radius 2 is 2.00 bits per heavy atom. The number of nitrogens with two attached hydrogens (primary N) is 1. The minimum atomic E-state index is -1.04. The van der Waals surface area contributed by atoms with Gasteiger partial charge in [0, 0.05) is 24.0 Å². The number of aromatic nitrogens is 2. The molecular weight excluding hydrogens is 360 g/mol. The molecule has 8 heteroatoms. The van der Waals surface area contributed by atoms with Gasteiger partial charge in [-0.25, -0.2) is 14.8 Å². The maximum atomic E-state index is 12.4. The first-order valence-electron chi connectivity index (χ1n) is 8.84. The molecule has 1 saturated carbocycles. The lowest BCUT2D eigenvalue weighted by atomic mass is 10.0. The van der Waals surface area contributed by atoms with Gasteiger partial charge in [-0.3, -0.25) is 4.79 Å². The minimum absolute atomic E-state index is 0.0789. The van der Waals surface area contributed by atoms with Gasteiger partial charge in [0.15, 0.2) is 5.82 Å². The molecule has 1 aromatic carbocycles. The van der Waals surface area contributed by atoms with Crippen LogP contribution in [0.1, 0.15) is 46.3 Å². The monoisotopic (exact) mass is 378 g/mol. The highest BCUT2D eigenvalue weighted by atomic mass is 16.4. The molecule has 0 saturated heterocycles. The zero-order valence-corrected chi connectivity index (χ0v) is 14.9. The Kier molecular flexibility index (Phi) is 4.52. The fraction of sp³-hybridized carbons (Fsp3) is 0.200. The average molecular weight is 378 g/mol. The molecule has 2 aromatic heterocycles. The van der Waals surface area contributed by atoms with E-state index < -0.39 is 11.9 Å². The maximum Gasteiger partial charge on any atom is 0.339 e. The van der Waals surface area contributed by atoms with Gasteiger partial charge in [-0.05, 0) is 48.6 Å². The summed E-state index contributed by atoms with van der Waals surface area (Å²) in [5.74, 6) is -0.402. The van der Waals surface area contributed by atoms with Crippen molar-refractivity contribution in [2.75, 3.05) is 0 Å². The molecule has 0 unspecified atom stereocenters. The minimum Gasteiger partial charge on any atom is -0.478 e. The lowest BCUT2D eigenvalue weighted by Gasteiger charge is -2.05. The third kappa shape index (κ3) is 3.44. The van der Waals surface area contributed by atoms with Crippen LogP contribution in [0.2, 0.25) is 0 Å². The molecule has 0 spiro atoms. The number of carboxylic acids is 1. The Hall–Kier alpha value is -3.68. The molecule has 4 rings (SSSR count). The van der Waals surface area contributed by atoms with Crippen LogP contribution in [0.4, 0.5) is 0 Å². The van der Waals surface area contributed by atoms with Crippen LogP contribution in [-0.2, 0) is 11.3 Å². The third-order valence-corrected chi connectivity index (χ3v) is 4.61. The second-order valence-corrected chi connectivity index (χ2v) is 6.61.